The van der Waals surface area contributed by atoms with E-state index in [1.54, 1.807) is 31.2 Å². The number of amides is 1. The number of hydrogen-bond donors (Lipinski definition) is 1. The predicted octanol–water partition coefficient (Wildman–Crippen LogP) is 4.20. The highest BCUT2D eigenvalue weighted by atomic mass is 19.1. The van der Waals surface area contributed by atoms with Gasteiger partial charge in [-0.15, -0.1) is 0 Å². The smallest absolute Gasteiger partial charge is 0.343 e. The molecule has 2 aromatic carbocycles. The molecule has 25 heavy (non-hydrogen) atoms. The Balaban J connectivity index is 1.80. The van der Waals surface area contributed by atoms with Crippen molar-refractivity contribution in [2.24, 2.45) is 0 Å². The molecule has 3 rings (SSSR count). The van der Waals surface area contributed by atoms with Gasteiger partial charge in [0.25, 0.3) is 5.91 Å². The van der Waals surface area contributed by atoms with Crippen LogP contribution in [0.4, 0.5) is 10.1 Å². The lowest BCUT2D eigenvalue weighted by atomic mass is 10.1. The van der Waals surface area contributed by atoms with E-state index in [1.165, 1.54) is 36.6 Å². The molecule has 0 spiro atoms. The molecule has 0 bridgehead atoms. The lowest BCUT2D eigenvalue weighted by Gasteiger charge is -2.10. The number of esters is 1. The minimum absolute atomic E-state index is 0.152. The largest absolute Gasteiger partial charge is 0.459 e. The molecule has 1 heterocycles. The van der Waals surface area contributed by atoms with Crippen molar-refractivity contribution in [2.45, 2.75) is 6.92 Å². The molecule has 1 N–H and O–H groups in total. The summed E-state index contributed by atoms with van der Waals surface area (Å²) in [5.74, 6) is -1.80. The van der Waals surface area contributed by atoms with Crippen molar-refractivity contribution in [3.05, 3.63) is 83.6 Å². The van der Waals surface area contributed by atoms with Crippen LogP contribution in [0.1, 0.15) is 26.5 Å². The van der Waals surface area contributed by atoms with Crippen molar-refractivity contribution in [3.63, 3.8) is 0 Å². The Kier molecular flexibility index (Phi) is 4.61. The molecular formula is C19H14FNO4. The molecule has 0 saturated carbocycles. The Labute approximate surface area is 143 Å². The summed E-state index contributed by atoms with van der Waals surface area (Å²) >= 11 is 0. The molecule has 6 heteroatoms. The molecule has 5 nitrogen and oxygen atoms in total. The SMILES string of the molecule is Cc1ccc(C(=O)Oc2ccccc2F)cc1NC(=O)c1ccco1. The Morgan fingerprint density at radius 2 is 1.88 bits per heavy atom. The van der Waals surface area contributed by atoms with Crippen LogP contribution in [0.2, 0.25) is 0 Å². The van der Waals surface area contributed by atoms with Gasteiger partial charge in [-0.2, -0.15) is 0 Å². The third-order valence-corrected chi connectivity index (χ3v) is 3.51. The Bertz CT molecular complexity index is 919. The molecular weight excluding hydrogens is 325 g/mol. The molecule has 0 aliphatic heterocycles. The van der Waals surface area contributed by atoms with Gasteiger partial charge in [0.05, 0.1) is 11.8 Å². The maximum atomic E-state index is 13.6. The van der Waals surface area contributed by atoms with Crippen molar-refractivity contribution < 1.29 is 23.1 Å². The fourth-order valence-corrected chi connectivity index (χ4v) is 2.16. The summed E-state index contributed by atoms with van der Waals surface area (Å²) in [4.78, 5) is 24.3. The Hall–Kier alpha value is -3.41. The van der Waals surface area contributed by atoms with Crippen molar-refractivity contribution >= 4 is 17.6 Å². The van der Waals surface area contributed by atoms with E-state index in [0.29, 0.717) is 5.69 Å². The molecule has 1 aromatic heterocycles. The van der Waals surface area contributed by atoms with Crippen LogP contribution in [0.5, 0.6) is 5.75 Å². The van der Waals surface area contributed by atoms with E-state index in [9.17, 15) is 14.0 Å². The minimum atomic E-state index is -0.724. The summed E-state index contributed by atoms with van der Waals surface area (Å²) in [6, 6.07) is 13.4. The number of rotatable bonds is 4. The number of carbonyl (C=O) groups excluding carboxylic acids is 2. The van der Waals surface area contributed by atoms with Crippen molar-refractivity contribution in [3.8, 4) is 5.75 Å². The van der Waals surface area contributed by atoms with Gasteiger partial charge in [0.1, 0.15) is 0 Å². The van der Waals surface area contributed by atoms with Crippen LogP contribution in [-0.2, 0) is 0 Å². The van der Waals surface area contributed by atoms with Crippen molar-refractivity contribution in [2.75, 3.05) is 5.32 Å². The summed E-state index contributed by atoms with van der Waals surface area (Å²) in [6.07, 6.45) is 1.39. The topological polar surface area (TPSA) is 68.5 Å². The number of carbonyl (C=O) groups is 2. The van der Waals surface area contributed by atoms with Crippen LogP contribution in [0.25, 0.3) is 0 Å². The maximum absolute atomic E-state index is 13.6. The van der Waals surface area contributed by atoms with Gasteiger partial charge in [-0.05, 0) is 48.9 Å². The quantitative estimate of drug-likeness (QED) is 0.571. The monoisotopic (exact) mass is 339 g/mol. The zero-order valence-corrected chi connectivity index (χ0v) is 13.3. The first kappa shape index (κ1) is 16.4. The second kappa shape index (κ2) is 7.00. The number of benzene rings is 2. The number of para-hydroxylation sites is 1. The van der Waals surface area contributed by atoms with Crippen LogP contribution in [0.3, 0.4) is 0 Å². The van der Waals surface area contributed by atoms with Crippen LogP contribution in [-0.4, -0.2) is 11.9 Å². The van der Waals surface area contributed by atoms with E-state index in [2.05, 4.69) is 5.32 Å². The van der Waals surface area contributed by atoms with E-state index in [1.807, 2.05) is 0 Å². The van der Waals surface area contributed by atoms with E-state index in [4.69, 9.17) is 9.15 Å². The van der Waals surface area contributed by atoms with Crippen molar-refractivity contribution in [1.82, 2.24) is 0 Å². The first-order valence-corrected chi connectivity index (χ1v) is 7.47. The zero-order valence-electron chi connectivity index (χ0n) is 13.3. The molecule has 0 atom stereocenters. The van der Waals surface area contributed by atoms with E-state index in [0.717, 1.165) is 5.56 Å². The molecule has 0 aliphatic carbocycles. The number of halogens is 1. The van der Waals surface area contributed by atoms with Crippen molar-refractivity contribution in [1.29, 1.82) is 0 Å². The van der Waals surface area contributed by atoms with Gasteiger partial charge >= 0.3 is 5.97 Å². The summed E-state index contributed by atoms with van der Waals surface area (Å²) in [6.45, 7) is 1.78. The normalized spacial score (nSPS) is 10.3. The number of aryl methyl sites for hydroxylation is 1. The average molecular weight is 339 g/mol. The Morgan fingerprint density at radius 3 is 2.60 bits per heavy atom. The molecule has 0 aliphatic rings. The highest BCUT2D eigenvalue weighted by molar-refractivity contribution is 6.03. The third-order valence-electron chi connectivity index (χ3n) is 3.51. The first-order valence-electron chi connectivity index (χ1n) is 7.47. The van der Waals surface area contributed by atoms with Gasteiger partial charge in [0.15, 0.2) is 17.3 Å². The third kappa shape index (κ3) is 3.74. The van der Waals surface area contributed by atoms with Gasteiger partial charge in [0.2, 0.25) is 0 Å². The standard InChI is InChI=1S/C19H14FNO4/c1-12-8-9-13(19(23)25-16-6-3-2-5-14(16)20)11-15(12)21-18(22)17-7-4-10-24-17/h2-11H,1H3,(H,21,22). The molecule has 3 aromatic rings. The highest BCUT2D eigenvalue weighted by Gasteiger charge is 2.15. The van der Waals surface area contributed by atoms with Crippen LogP contribution < -0.4 is 10.1 Å². The molecule has 0 fully saturated rings. The number of hydrogen-bond acceptors (Lipinski definition) is 4. The Morgan fingerprint density at radius 1 is 1.08 bits per heavy atom. The second-order valence-corrected chi connectivity index (χ2v) is 5.28. The summed E-state index contributed by atoms with van der Waals surface area (Å²) in [7, 11) is 0. The van der Waals surface area contributed by atoms with Crippen LogP contribution in [0, 0.1) is 12.7 Å². The van der Waals surface area contributed by atoms with Gasteiger partial charge in [-0.25, -0.2) is 9.18 Å². The van der Waals surface area contributed by atoms with E-state index >= 15 is 0 Å². The number of anilines is 1. The lowest BCUT2D eigenvalue weighted by Crippen LogP contribution is -2.14. The fourth-order valence-electron chi connectivity index (χ4n) is 2.16. The summed E-state index contributed by atoms with van der Waals surface area (Å²) in [5.41, 5.74) is 1.37. The summed E-state index contributed by atoms with van der Waals surface area (Å²) in [5, 5.41) is 2.67. The van der Waals surface area contributed by atoms with Gasteiger partial charge in [-0.3, -0.25) is 4.79 Å². The lowest BCUT2D eigenvalue weighted by molar-refractivity contribution is 0.0727. The van der Waals surface area contributed by atoms with Crippen LogP contribution >= 0.6 is 0 Å². The molecule has 0 unspecified atom stereocenters. The number of furan rings is 1. The van der Waals surface area contributed by atoms with Gasteiger partial charge in [-0.1, -0.05) is 18.2 Å². The molecule has 126 valence electrons. The molecule has 1 amide bonds. The summed E-state index contributed by atoms with van der Waals surface area (Å²) < 4.78 is 23.7. The highest BCUT2D eigenvalue weighted by Crippen LogP contribution is 2.21. The fraction of sp³-hybridized carbons (Fsp3) is 0.0526. The molecule has 0 saturated heterocycles. The maximum Gasteiger partial charge on any atom is 0.343 e. The number of ether oxygens (including phenoxy) is 1. The zero-order chi connectivity index (χ0) is 17.8. The predicted molar refractivity (Wildman–Crippen MR) is 89.2 cm³/mol. The van der Waals surface area contributed by atoms with E-state index in [-0.39, 0.29) is 17.1 Å². The van der Waals surface area contributed by atoms with Crippen LogP contribution in [0.15, 0.2) is 65.3 Å². The minimum Gasteiger partial charge on any atom is -0.459 e. The van der Waals surface area contributed by atoms with E-state index < -0.39 is 17.7 Å². The average Bonchev–Trinajstić information content (AvgIpc) is 3.13. The van der Waals surface area contributed by atoms with Gasteiger partial charge < -0.3 is 14.5 Å². The second-order valence-electron chi connectivity index (χ2n) is 5.28. The number of nitrogens with one attached hydrogen (secondary N) is 1. The molecule has 0 radical (unpaired) electrons. The first-order chi connectivity index (χ1) is 12.0. The van der Waals surface area contributed by atoms with Gasteiger partial charge in [0, 0.05) is 5.69 Å².